The van der Waals surface area contributed by atoms with E-state index in [1.165, 1.54) is 32.1 Å². The number of rotatable bonds is 6. The molecule has 2 N–H and O–H groups in total. The molecule has 0 aliphatic heterocycles. The van der Waals surface area contributed by atoms with E-state index in [4.69, 9.17) is 0 Å². The quantitative estimate of drug-likeness (QED) is 0.840. The zero-order chi connectivity index (χ0) is 14.4. The average molecular weight is 278 g/mol. The number of hydrogen-bond donors (Lipinski definition) is 2. The molecule has 0 atom stereocenters. The number of nitrogens with zero attached hydrogens (tertiary/aromatic N) is 2. The van der Waals surface area contributed by atoms with Crippen molar-refractivity contribution in [2.45, 2.75) is 58.8 Å². The van der Waals surface area contributed by atoms with E-state index in [2.05, 4.69) is 34.3 Å². The van der Waals surface area contributed by atoms with Gasteiger partial charge in [-0.05, 0) is 31.1 Å². The van der Waals surface area contributed by atoms with E-state index in [1.54, 1.807) is 0 Å². The van der Waals surface area contributed by atoms with Crippen molar-refractivity contribution < 1.29 is 4.79 Å². The first-order chi connectivity index (χ1) is 9.72. The molecule has 112 valence electrons. The maximum absolute atomic E-state index is 12.0. The van der Waals surface area contributed by atoms with E-state index in [0.29, 0.717) is 5.92 Å². The van der Waals surface area contributed by atoms with Crippen LogP contribution in [0.4, 0.5) is 0 Å². The Morgan fingerprint density at radius 2 is 1.95 bits per heavy atom. The Balaban J connectivity index is 1.74. The lowest BCUT2D eigenvalue weighted by Gasteiger charge is -2.27. The van der Waals surface area contributed by atoms with E-state index in [-0.39, 0.29) is 11.7 Å². The summed E-state index contributed by atoms with van der Waals surface area (Å²) in [5.41, 5.74) is 0. The highest BCUT2D eigenvalue weighted by Crippen LogP contribution is 2.30. The van der Waals surface area contributed by atoms with E-state index in [0.717, 1.165) is 31.1 Å². The maximum atomic E-state index is 12.0. The van der Waals surface area contributed by atoms with Gasteiger partial charge in [-0.25, -0.2) is 4.98 Å². The highest BCUT2D eigenvalue weighted by molar-refractivity contribution is 5.90. The van der Waals surface area contributed by atoms with Gasteiger partial charge in [-0.2, -0.15) is 0 Å². The minimum Gasteiger partial charge on any atom is -0.349 e. The van der Waals surface area contributed by atoms with Crippen molar-refractivity contribution in [3.05, 3.63) is 11.6 Å². The third-order valence-electron chi connectivity index (χ3n) is 4.32. The summed E-state index contributed by atoms with van der Waals surface area (Å²) in [6.07, 6.45) is 8.19. The number of amides is 1. The van der Waals surface area contributed by atoms with Crippen LogP contribution in [0, 0.1) is 11.8 Å². The Morgan fingerprint density at radius 1 is 1.25 bits per heavy atom. The minimum atomic E-state index is -0.152. The fraction of sp³-hybridized carbons (Fsp3) is 0.800. The molecule has 0 spiro atoms. The van der Waals surface area contributed by atoms with E-state index >= 15 is 0 Å². The molecule has 0 aromatic carbocycles. The van der Waals surface area contributed by atoms with Crippen LogP contribution in [0.2, 0.25) is 0 Å². The summed E-state index contributed by atoms with van der Waals surface area (Å²) in [6.45, 7) is 5.10. The summed E-state index contributed by atoms with van der Waals surface area (Å²) in [5, 5.41) is 9.77. The smallest absolute Gasteiger partial charge is 0.290 e. The largest absolute Gasteiger partial charge is 0.349 e. The van der Waals surface area contributed by atoms with Crippen LogP contribution in [0.1, 0.15) is 68.8 Å². The molecular weight excluding hydrogens is 252 g/mol. The second-order valence-corrected chi connectivity index (χ2v) is 5.86. The van der Waals surface area contributed by atoms with Crippen LogP contribution in [0.15, 0.2) is 0 Å². The Labute approximate surface area is 120 Å². The van der Waals surface area contributed by atoms with Gasteiger partial charge in [0.25, 0.3) is 5.91 Å². The first-order valence-corrected chi connectivity index (χ1v) is 7.92. The molecule has 0 unspecified atom stereocenters. The second-order valence-electron chi connectivity index (χ2n) is 5.86. The van der Waals surface area contributed by atoms with Crippen LogP contribution >= 0.6 is 0 Å². The third kappa shape index (κ3) is 4.05. The van der Waals surface area contributed by atoms with E-state index < -0.39 is 0 Å². The first kappa shape index (κ1) is 15.0. The Morgan fingerprint density at radius 3 is 2.60 bits per heavy atom. The summed E-state index contributed by atoms with van der Waals surface area (Å²) < 4.78 is 0. The zero-order valence-electron chi connectivity index (χ0n) is 12.6. The van der Waals surface area contributed by atoms with Gasteiger partial charge < -0.3 is 5.32 Å². The molecule has 0 saturated heterocycles. The molecule has 1 fully saturated rings. The SMILES string of the molecule is CCCc1nc(C(=O)NCC2CCC(CC)CC2)n[nH]1. The Kier molecular flexibility index (Phi) is 5.56. The molecule has 1 heterocycles. The number of carbonyl (C=O) groups is 1. The van der Waals surface area contributed by atoms with E-state index in [9.17, 15) is 4.79 Å². The van der Waals surface area contributed by atoms with Gasteiger partial charge in [-0.1, -0.05) is 33.1 Å². The Hall–Kier alpha value is -1.39. The first-order valence-electron chi connectivity index (χ1n) is 7.92. The van der Waals surface area contributed by atoms with Crippen LogP contribution in [-0.2, 0) is 6.42 Å². The normalized spacial score (nSPS) is 22.7. The van der Waals surface area contributed by atoms with Crippen molar-refractivity contribution in [1.29, 1.82) is 0 Å². The van der Waals surface area contributed by atoms with Crippen LogP contribution in [0.3, 0.4) is 0 Å². The van der Waals surface area contributed by atoms with Crippen LogP contribution in [-0.4, -0.2) is 27.6 Å². The molecule has 1 aromatic heterocycles. The number of aromatic nitrogens is 3. The summed E-state index contributed by atoms with van der Waals surface area (Å²) in [7, 11) is 0. The number of hydrogen-bond acceptors (Lipinski definition) is 3. The molecule has 1 aliphatic carbocycles. The standard InChI is InChI=1S/C15H26N4O/c1-3-5-13-17-14(19-18-13)15(20)16-10-12-8-6-11(4-2)7-9-12/h11-12H,3-10H2,1-2H3,(H,16,20)(H,17,18,19). The molecule has 1 saturated carbocycles. The van der Waals surface area contributed by atoms with Crippen LogP contribution in [0.25, 0.3) is 0 Å². The molecule has 0 radical (unpaired) electrons. The van der Waals surface area contributed by atoms with Crippen LogP contribution < -0.4 is 5.32 Å². The molecule has 1 aliphatic rings. The number of H-pyrrole nitrogens is 1. The molecular formula is C15H26N4O. The predicted octanol–water partition coefficient (Wildman–Crippen LogP) is 2.70. The van der Waals surface area contributed by atoms with Crippen molar-refractivity contribution >= 4 is 5.91 Å². The zero-order valence-corrected chi connectivity index (χ0v) is 12.6. The lowest BCUT2D eigenvalue weighted by molar-refractivity contribution is 0.0931. The monoisotopic (exact) mass is 278 g/mol. The Bertz CT molecular complexity index is 421. The van der Waals surface area contributed by atoms with Crippen molar-refractivity contribution in [2.75, 3.05) is 6.54 Å². The van der Waals surface area contributed by atoms with Gasteiger partial charge in [-0.3, -0.25) is 9.89 Å². The highest BCUT2D eigenvalue weighted by atomic mass is 16.2. The summed E-state index contributed by atoms with van der Waals surface area (Å²) in [6, 6.07) is 0. The molecule has 0 bridgehead atoms. The molecule has 1 amide bonds. The fourth-order valence-corrected chi connectivity index (χ4v) is 2.91. The van der Waals surface area contributed by atoms with Gasteiger partial charge in [0.2, 0.25) is 5.82 Å². The second kappa shape index (κ2) is 7.41. The summed E-state index contributed by atoms with van der Waals surface area (Å²) >= 11 is 0. The molecule has 20 heavy (non-hydrogen) atoms. The fourth-order valence-electron chi connectivity index (χ4n) is 2.91. The van der Waals surface area contributed by atoms with Gasteiger partial charge in [0, 0.05) is 13.0 Å². The highest BCUT2D eigenvalue weighted by Gasteiger charge is 2.21. The van der Waals surface area contributed by atoms with Crippen LogP contribution in [0.5, 0.6) is 0 Å². The van der Waals surface area contributed by atoms with Gasteiger partial charge in [0.1, 0.15) is 5.82 Å². The van der Waals surface area contributed by atoms with Gasteiger partial charge in [0.05, 0.1) is 0 Å². The van der Waals surface area contributed by atoms with Gasteiger partial charge in [0.15, 0.2) is 0 Å². The predicted molar refractivity (Wildman–Crippen MR) is 78.4 cm³/mol. The minimum absolute atomic E-state index is 0.152. The van der Waals surface area contributed by atoms with E-state index in [1.807, 2.05) is 0 Å². The maximum Gasteiger partial charge on any atom is 0.290 e. The van der Waals surface area contributed by atoms with Crippen molar-refractivity contribution in [3.8, 4) is 0 Å². The third-order valence-corrected chi connectivity index (χ3v) is 4.32. The topological polar surface area (TPSA) is 70.7 Å². The number of nitrogens with one attached hydrogen (secondary N) is 2. The molecule has 2 rings (SSSR count). The summed E-state index contributed by atoms with van der Waals surface area (Å²) in [5.74, 6) is 2.43. The lowest BCUT2D eigenvalue weighted by Crippen LogP contribution is -2.31. The number of carbonyl (C=O) groups excluding carboxylic acids is 1. The van der Waals surface area contributed by atoms with Gasteiger partial charge in [-0.15, -0.1) is 5.10 Å². The van der Waals surface area contributed by atoms with Crippen molar-refractivity contribution in [3.63, 3.8) is 0 Å². The molecule has 5 nitrogen and oxygen atoms in total. The molecule has 5 heteroatoms. The van der Waals surface area contributed by atoms with Crippen molar-refractivity contribution in [2.24, 2.45) is 11.8 Å². The van der Waals surface area contributed by atoms with Gasteiger partial charge >= 0.3 is 0 Å². The van der Waals surface area contributed by atoms with Crippen molar-refractivity contribution in [1.82, 2.24) is 20.5 Å². The molecule has 1 aromatic rings. The number of aromatic amines is 1. The summed E-state index contributed by atoms with van der Waals surface area (Å²) in [4.78, 5) is 16.2. The average Bonchev–Trinajstić information content (AvgIpc) is 2.94. The number of aryl methyl sites for hydroxylation is 1. The lowest BCUT2D eigenvalue weighted by atomic mass is 9.81.